The molecule has 0 aliphatic carbocycles. The number of likely N-dealkylation sites (tertiary alicyclic amines) is 1. The van der Waals surface area contributed by atoms with Gasteiger partial charge in [0, 0.05) is 45.3 Å². The summed E-state index contributed by atoms with van der Waals surface area (Å²) in [4.78, 5) is 20.8. The van der Waals surface area contributed by atoms with E-state index in [1.807, 2.05) is 0 Å². The first-order valence-corrected chi connectivity index (χ1v) is 8.60. The fraction of sp³-hybridized carbons (Fsp3) is 0.882. The Labute approximate surface area is 141 Å². The van der Waals surface area contributed by atoms with E-state index in [1.165, 1.54) is 7.11 Å². The molecule has 1 aliphatic rings. The number of hydrogen-bond donors (Lipinski definition) is 1. The largest absolute Gasteiger partial charge is 0.469 e. The van der Waals surface area contributed by atoms with Gasteiger partial charge in [-0.3, -0.25) is 14.7 Å². The van der Waals surface area contributed by atoms with E-state index in [0.29, 0.717) is 18.6 Å². The third-order valence-electron chi connectivity index (χ3n) is 4.61. The Balaban J connectivity index is 2.54. The highest BCUT2D eigenvalue weighted by Gasteiger charge is 2.36. The molecule has 0 bridgehead atoms. The Bertz CT molecular complexity index is 401. The van der Waals surface area contributed by atoms with Crippen LogP contribution >= 0.6 is 0 Å². The van der Waals surface area contributed by atoms with Crippen LogP contribution in [0.15, 0.2) is 4.99 Å². The van der Waals surface area contributed by atoms with Crippen molar-refractivity contribution >= 4 is 11.9 Å². The van der Waals surface area contributed by atoms with Crippen molar-refractivity contribution in [3.63, 3.8) is 0 Å². The Hall–Kier alpha value is -1.30. The lowest BCUT2D eigenvalue weighted by Crippen LogP contribution is -2.46. The number of hydrogen-bond acceptors (Lipinski definition) is 4. The lowest BCUT2D eigenvalue weighted by molar-refractivity contribution is -0.145. The number of carbonyl (C=O) groups excluding carboxylic acids is 1. The van der Waals surface area contributed by atoms with Crippen molar-refractivity contribution in [2.24, 2.45) is 16.8 Å². The predicted octanol–water partition coefficient (Wildman–Crippen LogP) is 1.42. The SMILES string of the molecule is CN=C(NCCN(C(C)C)C(C)C)N1CC(C)C(C(=O)OC)C1. The molecule has 1 aliphatic heterocycles. The molecule has 1 fully saturated rings. The Morgan fingerprint density at radius 2 is 1.91 bits per heavy atom. The van der Waals surface area contributed by atoms with Crippen LogP contribution in [0.1, 0.15) is 34.6 Å². The summed E-state index contributed by atoms with van der Waals surface area (Å²) in [5.41, 5.74) is 0. The first kappa shape index (κ1) is 19.7. The van der Waals surface area contributed by atoms with Gasteiger partial charge in [0.1, 0.15) is 0 Å². The maximum Gasteiger partial charge on any atom is 0.310 e. The third kappa shape index (κ3) is 5.37. The number of nitrogens with zero attached hydrogens (tertiary/aromatic N) is 3. The number of methoxy groups -OCH3 is 1. The van der Waals surface area contributed by atoms with E-state index >= 15 is 0 Å². The van der Waals surface area contributed by atoms with Gasteiger partial charge in [0.05, 0.1) is 13.0 Å². The van der Waals surface area contributed by atoms with Gasteiger partial charge in [-0.05, 0) is 33.6 Å². The van der Waals surface area contributed by atoms with E-state index < -0.39 is 0 Å². The van der Waals surface area contributed by atoms with Crippen LogP contribution in [0.5, 0.6) is 0 Å². The zero-order chi connectivity index (χ0) is 17.6. The second-order valence-electron chi connectivity index (χ2n) is 6.91. The highest BCUT2D eigenvalue weighted by molar-refractivity contribution is 5.82. The van der Waals surface area contributed by atoms with Crippen LogP contribution < -0.4 is 5.32 Å². The van der Waals surface area contributed by atoms with Crippen LogP contribution in [-0.4, -0.2) is 74.1 Å². The molecular formula is C17H34N4O2. The molecule has 0 amide bonds. The molecule has 1 N–H and O–H groups in total. The maximum atomic E-state index is 11.8. The van der Waals surface area contributed by atoms with Gasteiger partial charge in [0.25, 0.3) is 0 Å². The molecule has 0 aromatic heterocycles. The minimum Gasteiger partial charge on any atom is -0.469 e. The minimum atomic E-state index is -0.124. The normalized spacial score (nSPS) is 22.3. The summed E-state index contributed by atoms with van der Waals surface area (Å²) in [6, 6.07) is 1.05. The Kier molecular flexibility index (Phi) is 7.82. The summed E-state index contributed by atoms with van der Waals surface area (Å²) in [5.74, 6) is 0.960. The molecule has 6 heteroatoms. The van der Waals surface area contributed by atoms with Crippen LogP contribution in [0.2, 0.25) is 0 Å². The zero-order valence-electron chi connectivity index (χ0n) is 15.8. The summed E-state index contributed by atoms with van der Waals surface area (Å²) in [5, 5.41) is 3.43. The average Bonchev–Trinajstić information content (AvgIpc) is 2.87. The van der Waals surface area contributed by atoms with E-state index in [9.17, 15) is 4.79 Å². The van der Waals surface area contributed by atoms with Gasteiger partial charge < -0.3 is 15.0 Å². The fourth-order valence-corrected chi connectivity index (χ4v) is 3.34. The molecule has 0 spiro atoms. The van der Waals surface area contributed by atoms with Crippen LogP contribution in [0, 0.1) is 11.8 Å². The number of esters is 1. The molecule has 1 saturated heterocycles. The lowest BCUT2D eigenvalue weighted by atomic mass is 9.99. The van der Waals surface area contributed by atoms with Gasteiger partial charge >= 0.3 is 5.97 Å². The maximum absolute atomic E-state index is 11.8. The number of nitrogens with one attached hydrogen (secondary N) is 1. The summed E-state index contributed by atoms with van der Waals surface area (Å²) in [7, 11) is 3.25. The molecule has 6 nitrogen and oxygen atoms in total. The van der Waals surface area contributed by atoms with E-state index in [2.05, 4.69) is 54.7 Å². The fourth-order valence-electron chi connectivity index (χ4n) is 3.34. The highest BCUT2D eigenvalue weighted by Crippen LogP contribution is 2.24. The first-order chi connectivity index (χ1) is 10.8. The second kappa shape index (κ2) is 9.11. The van der Waals surface area contributed by atoms with Gasteiger partial charge in [-0.2, -0.15) is 0 Å². The second-order valence-corrected chi connectivity index (χ2v) is 6.91. The van der Waals surface area contributed by atoms with Gasteiger partial charge in [-0.1, -0.05) is 6.92 Å². The third-order valence-corrected chi connectivity index (χ3v) is 4.61. The molecule has 2 atom stereocenters. The van der Waals surface area contributed by atoms with Crippen LogP contribution in [-0.2, 0) is 9.53 Å². The highest BCUT2D eigenvalue weighted by atomic mass is 16.5. The topological polar surface area (TPSA) is 57.2 Å². The summed E-state index contributed by atoms with van der Waals surface area (Å²) in [6.45, 7) is 14.3. The average molecular weight is 326 g/mol. The van der Waals surface area contributed by atoms with Crippen LogP contribution in [0.25, 0.3) is 0 Å². The first-order valence-electron chi connectivity index (χ1n) is 8.60. The number of carbonyl (C=O) groups is 1. The van der Waals surface area contributed by atoms with E-state index in [0.717, 1.165) is 25.6 Å². The summed E-state index contributed by atoms with van der Waals surface area (Å²) >= 11 is 0. The molecule has 23 heavy (non-hydrogen) atoms. The molecule has 0 aromatic rings. The number of ether oxygens (including phenoxy) is 1. The van der Waals surface area contributed by atoms with Gasteiger partial charge in [-0.15, -0.1) is 0 Å². The molecule has 0 aromatic carbocycles. The van der Waals surface area contributed by atoms with Crippen molar-refractivity contribution in [3.8, 4) is 0 Å². The predicted molar refractivity (Wildman–Crippen MR) is 94.6 cm³/mol. The van der Waals surface area contributed by atoms with Crippen LogP contribution in [0.3, 0.4) is 0 Å². The molecule has 134 valence electrons. The van der Waals surface area contributed by atoms with Crippen molar-refractivity contribution in [3.05, 3.63) is 0 Å². The quantitative estimate of drug-likeness (QED) is 0.454. The van der Waals surface area contributed by atoms with Crippen molar-refractivity contribution in [2.45, 2.75) is 46.7 Å². The van der Waals surface area contributed by atoms with E-state index in [-0.39, 0.29) is 17.8 Å². The van der Waals surface area contributed by atoms with Gasteiger partial charge in [0.2, 0.25) is 0 Å². The van der Waals surface area contributed by atoms with E-state index in [4.69, 9.17) is 4.74 Å². The van der Waals surface area contributed by atoms with Crippen molar-refractivity contribution < 1.29 is 9.53 Å². The molecule has 0 radical (unpaired) electrons. The van der Waals surface area contributed by atoms with E-state index in [1.54, 1.807) is 7.05 Å². The molecule has 1 rings (SSSR count). The van der Waals surface area contributed by atoms with Crippen molar-refractivity contribution in [2.75, 3.05) is 40.3 Å². The number of rotatable bonds is 6. The number of guanidine groups is 1. The lowest BCUT2D eigenvalue weighted by Gasteiger charge is -2.31. The molecule has 1 heterocycles. The standard InChI is InChI=1S/C17H34N4O2/c1-12(2)21(13(3)4)9-8-19-17(18-6)20-10-14(5)15(11-20)16(22)23-7/h12-15H,8-11H2,1-7H3,(H,18,19). The minimum absolute atomic E-state index is 0.0682. The number of aliphatic imine (C=N–C) groups is 1. The summed E-state index contributed by atoms with van der Waals surface area (Å²) < 4.78 is 4.90. The van der Waals surface area contributed by atoms with Gasteiger partial charge in [-0.25, -0.2) is 0 Å². The van der Waals surface area contributed by atoms with Crippen LogP contribution in [0.4, 0.5) is 0 Å². The molecular weight excluding hydrogens is 292 g/mol. The Morgan fingerprint density at radius 1 is 1.30 bits per heavy atom. The van der Waals surface area contributed by atoms with Crippen molar-refractivity contribution in [1.82, 2.24) is 15.1 Å². The smallest absolute Gasteiger partial charge is 0.310 e. The Morgan fingerprint density at radius 3 is 2.39 bits per heavy atom. The zero-order valence-corrected chi connectivity index (χ0v) is 15.8. The van der Waals surface area contributed by atoms with Crippen molar-refractivity contribution in [1.29, 1.82) is 0 Å². The molecule has 0 saturated carbocycles. The van der Waals surface area contributed by atoms with Gasteiger partial charge in [0.15, 0.2) is 5.96 Å². The summed E-state index contributed by atoms with van der Waals surface area (Å²) in [6.07, 6.45) is 0. The monoisotopic (exact) mass is 326 g/mol. The molecule has 2 unspecified atom stereocenters.